The van der Waals surface area contributed by atoms with Crippen LogP contribution in [0.15, 0.2) is 82.3 Å². The number of rotatable bonds is 6. The van der Waals surface area contributed by atoms with Gasteiger partial charge < -0.3 is 33.6 Å². The van der Waals surface area contributed by atoms with Crippen molar-refractivity contribution in [3.63, 3.8) is 0 Å². The highest BCUT2D eigenvalue weighted by Crippen LogP contribution is 2.46. The number of hydrogen-bond acceptors (Lipinski definition) is 10. The van der Waals surface area contributed by atoms with Crippen LogP contribution in [0.1, 0.15) is 45.9 Å². The van der Waals surface area contributed by atoms with Crippen LogP contribution in [0.3, 0.4) is 0 Å². The van der Waals surface area contributed by atoms with Crippen LogP contribution < -0.4 is 30.7 Å². The van der Waals surface area contributed by atoms with Crippen LogP contribution in [-0.4, -0.2) is 73.3 Å². The molecule has 13 nitrogen and oxygen atoms in total. The maximum Gasteiger partial charge on any atom is 0.270 e. The molecule has 7 heterocycles. The largest absolute Gasteiger partial charge is 0.490 e. The minimum Gasteiger partial charge on any atom is -0.490 e. The van der Waals surface area contributed by atoms with E-state index in [0.717, 1.165) is 54.0 Å². The van der Waals surface area contributed by atoms with Crippen LogP contribution in [0.4, 0.5) is 21.5 Å². The molecule has 10 rings (SSSR count). The topological polar surface area (TPSA) is 148 Å². The summed E-state index contributed by atoms with van der Waals surface area (Å²) in [5.41, 5.74) is 6.85. The van der Waals surface area contributed by atoms with Gasteiger partial charge in [0.1, 0.15) is 29.5 Å². The van der Waals surface area contributed by atoms with E-state index in [1.807, 2.05) is 12.1 Å². The third kappa shape index (κ3) is 6.42. The van der Waals surface area contributed by atoms with Crippen LogP contribution in [0, 0.1) is 30.0 Å². The number of pyridine rings is 2. The summed E-state index contributed by atoms with van der Waals surface area (Å²) in [5.74, 6) is 4.45. The molecule has 3 aromatic carbocycles. The quantitative estimate of drug-likeness (QED) is 0.164. The lowest BCUT2D eigenvalue weighted by molar-refractivity contribution is -0.134. The fourth-order valence-electron chi connectivity index (χ4n) is 8.76. The molecule has 14 heteroatoms. The Bertz CT molecular complexity index is 2920. The van der Waals surface area contributed by atoms with Gasteiger partial charge in [0, 0.05) is 83.1 Å². The van der Waals surface area contributed by atoms with Crippen LogP contribution in [0.2, 0.25) is 0 Å². The molecule has 3 fully saturated rings. The molecule has 1 unspecified atom stereocenters. The van der Waals surface area contributed by atoms with E-state index in [1.54, 1.807) is 49.1 Å². The SMILES string of the molecule is Cc1cc2c(N3CCOc4cc(-c5ccc(C(=O)NCC#Cc6ccc7occ(C8CCC(=O)NC8=O)c7c6)nc5)c(F)cc43)cc(N3CC4(COC4)C3)cc2n(C)c1=O. The number of furan rings is 1. The number of hydrogen-bond donors (Lipinski definition) is 2. The fraction of sp³-hybridized carbons (Fsp3) is 0.283. The van der Waals surface area contributed by atoms with Crippen molar-refractivity contribution in [2.75, 3.05) is 55.8 Å². The summed E-state index contributed by atoms with van der Waals surface area (Å²) in [5, 5.41) is 6.77. The minimum absolute atomic E-state index is 0.0425. The van der Waals surface area contributed by atoms with Crippen molar-refractivity contribution in [1.82, 2.24) is 20.2 Å². The number of amides is 3. The van der Waals surface area contributed by atoms with Crippen molar-refractivity contribution in [1.29, 1.82) is 0 Å². The zero-order valence-electron chi connectivity index (χ0n) is 32.9. The lowest BCUT2D eigenvalue weighted by atomic mass is 9.77. The number of imide groups is 1. The highest BCUT2D eigenvalue weighted by molar-refractivity contribution is 6.03. The molecular formula is C46H39FN6O7. The van der Waals surface area contributed by atoms with Crippen LogP contribution >= 0.6 is 0 Å². The molecule has 60 heavy (non-hydrogen) atoms. The Labute approximate surface area is 343 Å². The summed E-state index contributed by atoms with van der Waals surface area (Å²) < 4.78 is 35.1. The minimum atomic E-state index is -0.488. The summed E-state index contributed by atoms with van der Waals surface area (Å²) >= 11 is 0. The molecule has 0 saturated carbocycles. The number of aromatic nitrogens is 2. The number of aryl methyl sites for hydroxylation is 2. The molecular weight excluding hydrogens is 768 g/mol. The number of carbonyl (C=O) groups is 3. The van der Waals surface area contributed by atoms with Gasteiger partial charge in [-0.25, -0.2) is 4.39 Å². The molecule has 2 N–H and O–H groups in total. The van der Waals surface area contributed by atoms with E-state index in [4.69, 9.17) is 13.9 Å². The number of piperidine rings is 1. The molecule has 0 radical (unpaired) electrons. The van der Waals surface area contributed by atoms with Crippen molar-refractivity contribution in [3.05, 3.63) is 112 Å². The average molecular weight is 807 g/mol. The third-order valence-corrected chi connectivity index (χ3v) is 12.0. The van der Waals surface area contributed by atoms with Crippen molar-refractivity contribution in [2.24, 2.45) is 12.5 Å². The van der Waals surface area contributed by atoms with Gasteiger partial charge in [-0.05, 0) is 61.9 Å². The Kier molecular flexibility index (Phi) is 8.94. The number of anilines is 3. The van der Waals surface area contributed by atoms with Crippen LogP contribution in [0.25, 0.3) is 33.0 Å². The molecule has 302 valence electrons. The number of carbonyl (C=O) groups excluding carboxylic acids is 3. The first-order chi connectivity index (χ1) is 29.0. The third-order valence-electron chi connectivity index (χ3n) is 12.0. The lowest BCUT2D eigenvalue weighted by Crippen LogP contribution is -2.66. The van der Waals surface area contributed by atoms with Gasteiger partial charge in [0.2, 0.25) is 11.8 Å². The molecule has 3 aromatic heterocycles. The van der Waals surface area contributed by atoms with Crippen molar-refractivity contribution >= 4 is 56.7 Å². The van der Waals surface area contributed by atoms with E-state index < -0.39 is 17.6 Å². The smallest absolute Gasteiger partial charge is 0.270 e. The Morgan fingerprint density at radius 1 is 1.03 bits per heavy atom. The predicted octanol–water partition coefficient (Wildman–Crippen LogP) is 5.46. The summed E-state index contributed by atoms with van der Waals surface area (Å²) in [4.78, 5) is 58.9. The molecule has 0 bridgehead atoms. The number of fused-ring (bicyclic) bond motifs is 3. The lowest BCUT2D eigenvalue weighted by Gasteiger charge is -2.56. The van der Waals surface area contributed by atoms with Crippen molar-refractivity contribution in [3.8, 4) is 28.7 Å². The van der Waals surface area contributed by atoms with E-state index in [2.05, 4.69) is 49.4 Å². The molecule has 6 aromatic rings. The number of halogens is 1. The summed E-state index contributed by atoms with van der Waals surface area (Å²) in [6.45, 7) is 5.95. The molecule has 4 aliphatic rings. The standard InChI is InChI=1S/C46H39FN6O7/c1-26-14-33-37(51(2)45(26)57)16-29(52-22-46(23-52)24-58-25-46)17-38(33)53-12-13-59-41-18-31(35(47)19-39(41)53)28-6-8-36(49-20-28)44(56)48-11-3-4-27-5-9-40-32(15-27)34(21-60-40)30-7-10-42(54)50-43(30)55/h5-6,8-9,14-21,30H,7,10-13,22-25H2,1-2H3,(H,48,56)(H,50,54,55). The molecule has 1 atom stereocenters. The molecule has 4 aliphatic heterocycles. The highest BCUT2D eigenvalue weighted by Gasteiger charge is 2.49. The number of nitrogens with one attached hydrogen (secondary N) is 2. The Balaban J connectivity index is 0.855. The first-order valence-corrected chi connectivity index (χ1v) is 19.8. The van der Waals surface area contributed by atoms with Crippen molar-refractivity contribution < 1.29 is 32.7 Å². The normalized spacial score (nSPS) is 17.9. The maximum absolute atomic E-state index is 16.2. The Hall–Kier alpha value is -6.98. The summed E-state index contributed by atoms with van der Waals surface area (Å²) in [6, 6.07) is 17.8. The summed E-state index contributed by atoms with van der Waals surface area (Å²) in [6.07, 6.45) is 3.67. The second kappa shape index (κ2) is 14.4. The average Bonchev–Trinajstić information content (AvgIpc) is 3.63. The van der Waals surface area contributed by atoms with Crippen LogP contribution in [-0.2, 0) is 21.4 Å². The molecule has 0 aliphatic carbocycles. The van der Waals surface area contributed by atoms with Gasteiger partial charge >= 0.3 is 0 Å². The van der Waals surface area contributed by atoms with Gasteiger partial charge in [-0.1, -0.05) is 17.9 Å². The van der Waals surface area contributed by atoms with Gasteiger partial charge in [-0.2, -0.15) is 0 Å². The van der Waals surface area contributed by atoms with Gasteiger partial charge in [0.15, 0.2) is 0 Å². The van der Waals surface area contributed by atoms with E-state index in [9.17, 15) is 19.2 Å². The monoisotopic (exact) mass is 806 g/mol. The van der Waals surface area contributed by atoms with Gasteiger partial charge in [-0.15, -0.1) is 0 Å². The predicted molar refractivity (Wildman–Crippen MR) is 222 cm³/mol. The zero-order valence-corrected chi connectivity index (χ0v) is 32.9. The first kappa shape index (κ1) is 37.3. The molecule has 3 amide bonds. The second-order valence-electron chi connectivity index (χ2n) is 16.1. The second-order valence-corrected chi connectivity index (χ2v) is 16.1. The van der Waals surface area contributed by atoms with Crippen molar-refractivity contribution in [2.45, 2.75) is 25.7 Å². The maximum atomic E-state index is 16.2. The van der Waals surface area contributed by atoms with Gasteiger partial charge in [0.05, 0.1) is 60.8 Å². The zero-order chi connectivity index (χ0) is 41.3. The number of benzene rings is 3. The first-order valence-electron chi connectivity index (χ1n) is 19.8. The van der Waals surface area contributed by atoms with E-state index in [0.29, 0.717) is 58.8 Å². The Morgan fingerprint density at radius 3 is 2.65 bits per heavy atom. The number of ether oxygens (including phenoxy) is 2. The fourth-order valence-corrected chi connectivity index (χ4v) is 8.76. The van der Waals surface area contributed by atoms with E-state index in [-0.39, 0.29) is 47.0 Å². The molecule has 1 spiro atoms. The summed E-state index contributed by atoms with van der Waals surface area (Å²) in [7, 11) is 1.79. The van der Waals surface area contributed by atoms with Gasteiger partial charge in [0.25, 0.3) is 11.5 Å². The Morgan fingerprint density at radius 2 is 1.88 bits per heavy atom. The van der Waals surface area contributed by atoms with Gasteiger partial charge in [-0.3, -0.25) is 29.5 Å². The van der Waals surface area contributed by atoms with Crippen LogP contribution in [0.5, 0.6) is 5.75 Å². The van der Waals surface area contributed by atoms with E-state index >= 15 is 4.39 Å². The number of nitrogens with zero attached hydrogens (tertiary/aromatic N) is 4. The molecule has 3 saturated heterocycles. The highest BCUT2D eigenvalue weighted by atomic mass is 19.1. The van der Waals surface area contributed by atoms with E-state index in [1.165, 1.54) is 18.3 Å².